The molecule has 2 aromatic rings. The van der Waals surface area contributed by atoms with Gasteiger partial charge in [0.05, 0.1) is 0 Å². The van der Waals surface area contributed by atoms with Gasteiger partial charge in [0, 0.05) is 44.4 Å². The van der Waals surface area contributed by atoms with E-state index in [9.17, 15) is 9.59 Å². The molecule has 1 aromatic heterocycles. The number of urea groups is 1. The van der Waals surface area contributed by atoms with E-state index in [0.29, 0.717) is 31.8 Å². The largest absolute Gasteiger partial charge is 0.361 e. The molecule has 2 aliphatic heterocycles. The minimum absolute atomic E-state index is 0.0138. The number of aromatic amines is 1. The molecule has 6 nitrogen and oxygen atoms in total. The first-order chi connectivity index (χ1) is 14.0. The van der Waals surface area contributed by atoms with Gasteiger partial charge in [-0.25, -0.2) is 4.79 Å². The summed E-state index contributed by atoms with van der Waals surface area (Å²) in [7, 11) is 0. The van der Waals surface area contributed by atoms with Gasteiger partial charge < -0.3 is 9.88 Å². The number of aromatic nitrogens is 1. The van der Waals surface area contributed by atoms with Crippen LogP contribution in [0.3, 0.4) is 0 Å². The zero-order valence-electron chi connectivity index (χ0n) is 17.8. The van der Waals surface area contributed by atoms with Crippen molar-refractivity contribution < 1.29 is 9.59 Å². The Bertz CT molecular complexity index is 895. The monoisotopic (exact) mass is 396 g/mol. The minimum atomic E-state index is -0.642. The summed E-state index contributed by atoms with van der Waals surface area (Å²) >= 11 is 0. The van der Waals surface area contributed by atoms with E-state index in [1.165, 1.54) is 21.4 Å². The molecular weight excluding hydrogens is 364 g/mol. The van der Waals surface area contributed by atoms with Crippen molar-refractivity contribution >= 4 is 22.8 Å². The lowest BCUT2D eigenvalue weighted by molar-refractivity contribution is -0.135. The number of nitrogens with zero attached hydrogens (tertiary/aromatic N) is 3. The number of likely N-dealkylation sites (tertiary alicyclic amines) is 1. The lowest BCUT2D eigenvalue weighted by Gasteiger charge is -2.42. The van der Waals surface area contributed by atoms with Crippen LogP contribution in [-0.4, -0.2) is 63.3 Å². The molecule has 2 fully saturated rings. The van der Waals surface area contributed by atoms with Gasteiger partial charge in [0.2, 0.25) is 0 Å². The standard InChI is InChI=1S/C23H32N4O2/c1-4-26-21(28)23(27(22(26)29)13-9-17(2)3)10-14-25(15-11-23)16-19-7-5-6-18-8-12-24-20(18)19/h5-8,12,17,24H,4,9-11,13-16H2,1-3H3. The normalized spacial score (nSPS) is 20.0. The molecule has 1 N–H and O–H groups in total. The summed E-state index contributed by atoms with van der Waals surface area (Å²) in [6.07, 6.45) is 4.34. The van der Waals surface area contributed by atoms with E-state index in [2.05, 4.69) is 48.0 Å². The van der Waals surface area contributed by atoms with E-state index in [1.54, 1.807) is 0 Å². The van der Waals surface area contributed by atoms with E-state index in [4.69, 9.17) is 0 Å². The van der Waals surface area contributed by atoms with Crippen LogP contribution in [0.5, 0.6) is 0 Å². The van der Waals surface area contributed by atoms with Crippen molar-refractivity contribution in [2.75, 3.05) is 26.2 Å². The molecule has 3 amide bonds. The van der Waals surface area contributed by atoms with Crippen LogP contribution in [0, 0.1) is 5.92 Å². The second kappa shape index (κ2) is 7.82. The molecule has 0 saturated carbocycles. The summed E-state index contributed by atoms with van der Waals surface area (Å²) in [5, 5.41) is 1.23. The third kappa shape index (κ3) is 3.44. The smallest absolute Gasteiger partial charge is 0.327 e. The van der Waals surface area contributed by atoms with Crippen LogP contribution in [0.4, 0.5) is 4.79 Å². The van der Waals surface area contributed by atoms with E-state index in [0.717, 1.165) is 26.1 Å². The zero-order valence-corrected chi connectivity index (χ0v) is 17.8. The molecule has 0 atom stereocenters. The zero-order chi connectivity index (χ0) is 20.6. The number of imide groups is 1. The fraction of sp³-hybridized carbons (Fsp3) is 0.565. The Morgan fingerprint density at radius 2 is 1.90 bits per heavy atom. The van der Waals surface area contributed by atoms with Crippen molar-refractivity contribution in [3.63, 3.8) is 0 Å². The lowest BCUT2D eigenvalue weighted by Crippen LogP contribution is -2.56. The van der Waals surface area contributed by atoms with Gasteiger partial charge in [0.15, 0.2) is 0 Å². The summed E-state index contributed by atoms with van der Waals surface area (Å²) < 4.78 is 0. The van der Waals surface area contributed by atoms with Crippen LogP contribution in [0.15, 0.2) is 30.5 Å². The number of nitrogens with one attached hydrogen (secondary N) is 1. The van der Waals surface area contributed by atoms with Gasteiger partial charge in [0.25, 0.3) is 5.91 Å². The highest BCUT2D eigenvalue weighted by Crippen LogP contribution is 2.38. The van der Waals surface area contributed by atoms with Crippen molar-refractivity contribution in [3.8, 4) is 0 Å². The van der Waals surface area contributed by atoms with Gasteiger partial charge >= 0.3 is 6.03 Å². The number of carbonyl (C=O) groups is 2. The molecular formula is C23H32N4O2. The van der Waals surface area contributed by atoms with Crippen LogP contribution in [0.2, 0.25) is 0 Å². The number of benzene rings is 1. The second-order valence-corrected chi connectivity index (χ2v) is 8.83. The molecule has 1 spiro atoms. The van der Waals surface area contributed by atoms with Gasteiger partial charge in [-0.1, -0.05) is 32.0 Å². The van der Waals surface area contributed by atoms with Crippen molar-refractivity contribution in [2.45, 2.75) is 52.1 Å². The molecule has 4 rings (SSSR count). The lowest BCUT2D eigenvalue weighted by atomic mass is 9.85. The molecule has 2 saturated heterocycles. The van der Waals surface area contributed by atoms with Crippen LogP contribution in [0.1, 0.15) is 45.6 Å². The first-order valence-electron chi connectivity index (χ1n) is 10.9. The van der Waals surface area contributed by atoms with Gasteiger partial charge in [-0.2, -0.15) is 0 Å². The van der Waals surface area contributed by atoms with Gasteiger partial charge in [-0.3, -0.25) is 14.6 Å². The van der Waals surface area contributed by atoms with Crippen molar-refractivity contribution in [1.82, 2.24) is 19.7 Å². The Balaban J connectivity index is 1.50. The molecule has 6 heteroatoms. The predicted molar refractivity (Wildman–Crippen MR) is 114 cm³/mol. The molecule has 3 heterocycles. The van der Waals surface area contributed by atoms with E-state index < -0.39 is 5.54 Å². The summed E-state index contributed by atoms with van der Waals surface area (Å²) in [5.41, 5.74) is 1.83. The fourth-order valence-electron chi connectivity index (χ4n) is 4.85. The second-order valence-electron chi connectivity index (χ2n) is 8.83. The topological polar surface area (TPSA) is 59.7 Å². The van der Waals surface area contributed by atoms with Gasteiger partial charge in [-0.15, -0.1) is 0 Å². The molecule has 0 bridgehead atoms. The van der Waals surface area contributed by atoms with Crippen molar-refractivity contribution in [3.05, 3.63) is 36.0 Å². The predicted octanol–water partition coefficient (Wildman–Crippen LogP) is 3.83. The molecule has 2 aliphatic rings. The summed E-state index contributed by atoms with van der Waals surface area (Å²) in [6, 6.07) is 8.39. The number of rotatable bonds is 6. The minimum Gasteiger partial charge on any atom is -0.361 e. The summed E-state index contributed by atoms with van der Waals surface area (Å²) in [5.74, 6) is 0.520. The Morgan fingerprint density at radius 1 is 1.14 bits per heavy atom. The number of fused-ring (bicyclic) bond motifs is 1. The van der Waals surface area contributed by atoms with Crippen molar-refractivity contribution in [1.29, 1.82) is 0 Å². The van der Waals surface area contributed by atoms with Gasteiger partial charge in [-0.05, 0) is 49.1 Å². The third-order valence-electron chi connectivity index (χ3n) is 6.62. The van der Waals surface area contributed by atoms with E-state index in [1.807, 2.05) is 18.0 Å². The highest BCUT2D eigenvalue weighted by atomic mass is 16.2. The molecule has 0 aliphatic carbocycles. The highest BCUT2D eigenvalue weighted by Gasteiger charge is 2.57. The SMILES string of the molecule is CCN1C(=O)N(CCC(C)C)C2(CCN(Cc3cccc4cc[nH]c34)CC2)C1=O. The Kier molecular flexibility index (Phi) is 5.38. The van der Waals surface area contributed by atoms with Crippen LogP contribution >= 0.6 is 0 Å². The van der Waals surface area contributed by atoms with Crippen LogP contribution < -0.4 is 0 Å². The number of amides is 3. The van der Waals surface area contributed by atoms with E-state index in [-0.39, 0.29) is 11.9 Å². The Labute approximate surface area is 172 Å². The molecule has 156 valence electrons. The number of hydrogen-bond donors (Lipinski definition) is 1. The summed E-state index contributed by atoms with van der Waals surface area (Å²) in [6.45, 7) is 9.85. The third-order valence-corrected chi connectivity index (χ3v) is 6.62. The number of carbonyl (C=O) groups excluding carboxylic acids is 2. The number of H-pyrrole nitrogens is 1. The average molecular weight is 397 g/mol. The average Bonchev–Trinajstić information content (AvgIpc) is 3.25. The molecule has 1 aromatic carbocycles. The highest BCUT2D eigenvalue weighted by molar-refractivity contribution is 6.07. The number of para-hydroxylation sites is 1. The molecule has 0 unspecified atom stereocenters. The van der Waals surface area contributed by atoms with Crippen LogP contribution in [0.25, 0.3) is 10.9 Å². The molecule has 29 heavy (non-hydrogen) atoms. The van der Waals surface area contributed by atoms with Crippen molar-refractivity contribution in [2.24, 2.45) is 5.92 Å². The Hall–Kier alpha value is -2.34. The maximum absolute atomic E-state index is 13.2. The summed E-state index contributed by atoms with van der Waals surface area (Å²) in [4.78, 5) is 35.3. The quantitative estimate of drug-likeness (QED) is 0.755. The number of hydrogen-bond acceptors (Lipinski definition) is 3. The molecule has 0 radical (unpaired) electrons. The van der Waals surface area contributed by atoms with E-state index >= 15 is 0 Å². The Morgan fingerprint density at radius 3 is 2.59 bits per heavy atom. The van der Waals surface area contributed by atoms with Gasteiger partial charge in [0.1, 0.15) is 5.54 Å². The van der Waals surface area contributed by atoms with Crippen LogP contribution in [-0.2, 0) is 11.3 Å². The first-order valence-corrected chi connectivity index (χ1v) is 10.9. The maximum atomic E-state index is 13.2. The number of piperidine rings is 1. The fourth-order valence-corrected chi connectivity index (χ4v) is 4.85. The first kappa shape index (κ1) is 20.0. The maximum Gasteiger partial charge on any atom is 0.327 e. The number of likely N-dealkylation sites (N-methyl/N-ethyl adjacent to an activating group) is 1.